The molecule has 0 heterocycles. The van der Waals surface area contributed by atoms with Crippen molar-refractivity contribution in [2.45, 2.75) is 12.6 Å². The molecule has 18 heavy (non-hydrogen) atoms. The Hall–Kier alpha value is -1.63. The molecule has 0 bridgehead atoms. The van der Waals surface area contributed by atoms with E-state index in [4.69, 9.17) is 0 Å². The van der Waals surface area contributed by atoms with Crippen LogP contribution in [0, 0.1) is 11.3 Å². The molecule has 90 valence electrons. The zero-order valence-corrected chi connectivity index (χ0v) is 11.4. The van der Waals surface area contributed by atoms with E-state index < -0.39 is 0 Å². The van der Waals surface area contributed by atoms with E-state index in [1.807, 2.05) is 54.6 Å². The highest BCUT2D eigenvalue weighted by molar-refractivity contribution is 9.10. The lowest BCUT2D eigenvalue weighted by Gasteiger charge is -2.12. The molecule has 1 N–H and O–H groups in total. The summed E-state index contributed by atoms with van der Waals surface area (Å²) in [6, 6.07) is 19.9. The number of hydrogen-bond acceptors (Lipinski definition) is 2. The van der Waals surface area contributed by atoms with Crippen LogP contribution in [-0.2, 0) is 6.54 Å². The van der Waals surface area contributed by atoms with E-state index in [2.05, 4.69) is 27.3 Å². The maximum Gasteiger partial charge on any atom is 0.121 e. The van der Waals surface area contributed by atoms with Crippen LogP contribution in [0.25, 0.3) is 0 Å². The zero-order chi connectivity index (χ0) is 12.8. The van der Waals surface area contributed by atoms with Gasteiger partial charge in [0.15, 0.2) is 0 Å². The quantitative estimate of drug-likeness (QED) is 0.932. The van der Waals surface area contributed by atoms with Crippen LogP contribution in [0.2, 0.25) is 0 Å². The van der Waals surface area contributed by atoms with Crippen LogP contribution in [0.15, 0.2) is 59.1 Å². The van der Waals surface area contributed by atoms with Crippen LogP contribution in [0.3, 0.4) is 0 Å². The number of nitriles is 1. The second-order valence-corrected chi connectivity index (χ2v) is 4.90. The second-order valence-electron chi connectivity index (χ2n) is 3.98. The van der Waals surface area contributed by atoms with E-state index in [-0.39, 0.29) is 6.04 Å². The van der Waals surface area contributed by atoms with E-state index in [9.17, 15) is 5.26 Å². The lowest BCUT2D eigenvalue weighted by atomic mass is 10.1. The standard InChI is InChI=1S/C15H13BrN2/c16-14-8-4-7-13(9-14)15(10-17)18-11-12-5-2-1-3-6-12/h1-9,15,18H,11H2/t15-/m0/s1. The number of rotatable bonds is 4. The van der Waals surface area contributed by atoms with Gasteiger partial charge in [0.25, 0.3) is 0 Å². The molecule has 0 radical (unpaired) electrons. The minimum atomic E-state index is -0.289. The molecule has 0 fully saturated rings. The van der Waals surface area contributed by atoms with E-state index >= 15 is 0 Å². The van der Waals surface area contributed by atoms with Gasteiger partial charge in [0, 0.05) is 11.0 Å². The van der Waals surface area contributed by atoms with Crippen molar-refractivity contribution in [3.05, 3.63) is 70.2 Å². The summed E-state index contributed by atoms with van der Waals surface area (Å²) in [5.41, 5.74) is 2.15. The summed E-state index contributed by atoms with van der Waals surface area (Å²) in [4.78, 5) is 0. The average molecular weight is 301 g/mol. The van der Waals surface area contributed by atoms with Crippen molar-refractivity contribution in [2.75, 3.05) is 0 Å². The Bertz CT molecular complexity index is 546. The molecule has 2 nitrogen and oxygen atoms in total. The van der Waals surface area contributed by atoms with E-state index in [1.165, 1.54) is 5.56 Å². The fourth-order valence-corrected chi connectivity index (χ4v) is 2.16. The topological polar surface area (TPSA) is 35.8 Å². The molecule has 3 heteroatoms. The van der Waals surface area contributed by atoms with Crippen molar-refractivity contribution in [3.8, 4) is 6.07 Å². The number of hydrogen-bond donors (Lipinski definition) is 1. The third-order valence-electron chi connectivity index (χ3n) is 2.66. The molecule has 0 aliphatic heterocycles. The minimum absolute atomic E-state index is 0.289. The number of halogens is 1. The predicted molar refractivity (Wildman–Crippen MR) is 75.8 cm³/mol. The van der Waals surface area contributed by atoms with Crippen molar-refractivity contribution in [2.24, 2.45) is 0 Å². The van der Waals surface area contributed by atoms with E-state index in [0.29, 0.717) is 6.54 Å². The molecule has 0 saturated carbocycles. The van der Waals surface area contributed by atoms with Gasteiger partial charge in [-0.2, -0.15) is 5.26 Å². The smallest absolute Gasteiger partial charge is 0.121 e. The van der Waals surface area contributed by atoms with Gasteiger partial charge in [-0.05, 0) is 23.3 Å². The van der Waals surface area contributed by atoms with Crippen LogP contribution in [0.5, 0.6) is 0 Å². The molecule has 0 aromatic heterocycles. The van der Waals surface area contributed by atoms with Crippen LogP contribution in [0.4, 0.5) is 0 Å². The third-order valence-corrected chi connectivity index (χ3v) is 3.16. The monoisotopic (exact) mass is 300 g/mol. The first-order valence-electron chi connectivity index (χ1n) is 5.72. The summed E-state index contributed by atoms with van der Waals surface area (Å²) in [5, 5.41) is 12.5. The van der Waals surface area contributed by atoms with Gasteiger partial charge in [-0.1, -0.05) is 58.4 Å². The Kier molecular flexibility index (Phi) is 4.52. The lowest BCUT2D eigenvalue weighted by molar-refractivity contribution is 0.630. The van der Waals surface area contributed by atoms with Crippen LogP contribution in [0.1, 0.15) is 17.2 Å². The highest BCUT2D eigenvalue weighted by Crippen LogP contribution is 2.18. The van der Waals surface area contributed by atoms with E-state index in [1.54, 1.807) is 0 Å². The Morgan fingerprint density at radius 2 is 1.89 bits per heavy atom. The zero-order valence-electron chi connectivity index (χ0n) is 9.81. The van der Waals surface area contributed by atoms with Crippen LogP contribution >= 0.6 is 15.9 Å². The van der Waals surface area contributed by atoms with Gasteiger partial charge in [0.1, 0.15) is 6.04 Å². The van der Waals surface area contributed by atoms with Crippen LogP contribution < -0.4 is 5.32 Å². The predicted octanol–water partition coefficient (Wildman–Crippen LogP) is 3.80. The third kappa shape index (κ3) is 3.43. The average Bonchev–Trinajstić information content (AvgIpc) is 2.41. The Labute approximate surface area is 115 Å². The van der Waals surface area contributed by atoms with E-state index in [0.717, 1.165) is 10.0 Å². The number of benzene rings is 2. The summed E-state index contributed by atoms with van der Waals surface area (Å²) >= 11 is 3.42. The van der Waals surface area contributed by atoms with Crippen molar-refractivity contribution in [3.63, 3.8) is 0 Å². The summed E-state index contributed by atoms with van der Waals surface area (Å²) in [7, 11) is 0. The van der Waals surface area contributed by atoms with Crippen molar-refractivity contribution in [1.29, 1.82) is 5.26 Å². The molecule has 0 aliphatic carbocycles. The molecule has 0 saturated heterocycles. The van der Waals surface area contributed by atoms with Gasteiger partial charge in [-0.3, -0.25) is 5.32 Å². The molecular formula is C15H13BrN2. The van der Waals surface area contributed by atoms with Gasteiger partial charge in [0.05, 0.1) is 6.07 Å². The molecule has 0 aliphatic rings. The van der Waals surface area contributed by atoms with Crippen molar-refractivity contribution in [1.82, 2.24) is 5.32 Å². The van der Waals surface area contributed by atoms with Gasteiger partial charge < -0.3 is 0 Å². The molecule has 2 aromatic rings. The molecule has 1 atom stereocenters. The van der Waals surface area contributed by atoms with Crippen LogP contribution in [-0.4, -0.2) is 0 Å². The summed E-state index contributed by atoms with van der Waals surface area (Å²) < 4.78 is 0.988. The van der Waals surface area contributed by atoms with Gasteiger partial charge >= 0.3 is 0 Å². The number of nitrogens with one attached hydrogen (secondary N) is 1. The molecule has 0 spiro atoms. The highest BCUT2D eigenvalue weighted by Gasteiger charge is 2.09. The fraction of sp³-hybridized carbons (Fsp3) is 0.133. The van der Waals surface area contributed by atoms with Gasteiger partial charge in [-0.25, -0.2) is 0 Å². The summed E-state index contributed by atoms with van der Waals surface area (Å²) in [6.07, 6.45) is 0. The normalized spacial score (nSPS) is 11.8. The van der Waals surface area contributed by atoms with Gasteiger partial charge in [0.2, 0.25) is 0 Å². The molecular weight excluding hydrogens is 288 g/mol. The minimum Gasteiger partial charge on any atom is -0.294 e. The maximum atomic E-state index is 9.22. The fourth-order valence-electron chi connectivity index (χ4n) is 1.74. The Morgan fingerprint density at radius 1 is 1.11 bits per heavy atom. The SMILES string of the molecule is N#C[C@H](NCc1ccccc1)c1cccc(Br)c1. The van der Waals surface area contributed by atoms with Crippen molar-refractivity contribution < 1.29 is 0 Å². The first-order valence-corrected chi connectivity index (χ1v) is 6.51. The summed E-state index contributed by atoms with van der Waals surface area (Å²) in [5.74, 6) is 0. The number of nitrogens with zero attached hydrogens (tertiary/aromatic N) is 1. The Balaban J connectivity index is 2.05. The molecule has 0 amide bonds. The molecule has 0 unspecified atom stereocenters. The largest absolute Gasteiger partial charge is 0.294 e. The maximum absolute atomic E-state index is 9.22. The second kappa shape index (κ2) is 6.34. The highest BCUT2D eigenvalue weighted by atomic mass is 79.9. The first-order chi connectivity index (χ1) is 8.79. The van der Waals surface area contributed by atoms with Crippen molar-refractivity contribution >= 4 is 15.9 Å². The first kappa shape index (κ1) is 12.8. The molecule has 2 rings (SSSR count). The van der Waals surface area contributed by atoms with Gasteiger partial charge in [-0.15, -0.1) is 0 Å². The molecule has 2 aromatic carbocycles. The lowest BCUT2D eigenvalue weighted by Crippen LogP contribution is -2.19. The summed E-state index contributed by atoms with van der Waals surface area (Å²) in [6.45, 7) is 0.686. The Morgan fingerprint density at radius 3 is 2.56 bits per heavy atom.